The highest BCUT2D eigenvalue weighted by molar-refractivity contribution is 7.98. The average molecular weight is 292 g/mol. The van der Waals surface area contributed by atoms with E-state index in [0.29, 0.717) is 16.1 Å². The number of hydrogen-bond donors (Lipinski definition) is 1. The Morgan fingerprint density at radius 2 is 2.16 bits per heavy atom. The van der Waals surface area contributed by atoms with Gasteiger partial charge in [-0.2, -0.15) is 0 Å². The lowest BCUT2D eigenvalue weighted by molar-refractivity contribution is 0.846. The number of aromatic nitrogens is 4. The summed E-state index contributed by atoms with van der Waals surface area (Å²) in [4.78, 5) is 4.38. The van der Waals surface area contributed by atoms with Crippen LogP contribution in [0.2, 0.25) is 5.15 Å². The van der Waals surface area contributed by atoms with Gasteiger partial charge in [-0.05, 0) is 12.1 Å². The largest absolute Gasteiger partial charge is 0.336 e. The summed E-state index contributed by atoms with van der Waals surface area (Å²) in [6.07, 6.45) is 1.46. The van der Waals surface area contributed by atoms with E-state index in [1.165, 1.54) is 22.8 Å². The Balaban J connectivity index is 1.88. The standard InChI is InChI=1S/C12H10ClN5S/c13-11-9(6-19-12-17-15-7-18(12)14)5-8-3-1-2-4-10(8)16-11/h1-5,7H,6,14H2. The van der Waals surface area contributed by atoms with Gasteiger partial charge in [0.05, 0.1) is 5.52 Å². The van der Waals surface area contributed by atoms with Crippen LogP contribution in [0.25, 0.3) is 10.9 Å². The zero-order valence-corrected chi connectivity index (χ0v) is 11.4. The molecule has 0 fully saturated rings. The summed E-state index contributed by atoms with van der Waals surface area (Å²) in [5.74, 6) is 6.30. The van der Waals surface area contributed by atoms with Crippen LogP contribution in [0.3, 0.4) is 0 Å². The molecule has 0 aliphatic heterocycles. The number of nitrogens with two attached hydrogens (primary N) is 1. The molecule has 0 bridgehead atoms. The lowest BCUT2D eigenvalue weighted by Gasteiger charge is -2.05. The molecule has 0 atom stereocenters. The number of nitrogens with zero attached hydrogens (tertiary/aromatic N) is 4. The summed E-state index contributed by atoms with van der Waals surface area (Å²) in [6.45, 7) is 0. The first-order chi connectivity index (χ1) is 9.24. The van der Waals surface area contributed by atoms with Crippen molar-refractivity contribution in [2.75, 3.05) is 5.84 Å². The van der Waals surface area contributed by atoms with Crippen LogP contribution in [0.5, 0.6) is 0 Å². The summed E-state index contributed by atoms with van der Waals surface area (Å²) < 4.78 is 1.38. The van der Waals surface area contributed by atoms with Gasteiger partial charge >= 0.3 is 0 Å². The fourth-order valence-electron chi connectivity index (χ4n) is 1.72. The molecule has 7 heteroatoms. The number of rotatable bonds is 3. The minimum Gasteiger partial charge on any atom is -0.336 e. The van der Waals surface area contributed by atoms with E-state index in [-0.39, 0.29) is 0 Å². The molecule has 0 amide bonds. The molecule has 0 aliphatic carbocycles. The van der Waals surface area contributed by atoms with E-state index in [4.69, 9.17) is 17.4 Å². The molecule has 1 aromatic carbocycles. The number of para-hydroxylation sites is 1. The lowest BCUT2D eigenvalue weighted by Crippen LogP contribution is -2.07. The molecule has 96 valence electrons. The number of hydrogen-bond acceptors (Lipinski definition) is 5. The van der Waals surface area contributed by atoms with Gasteiger partial charge in [-0.1, -0.05) is 41.6 Å². The van der Waals surface area contributed by atoms with Crippen LogP contribution in [0.4, 0.5) is 0 Å². The van der Waals surface area contributed by atoms with E-state index >= 15 is 0 Å². The van der Waals surface area contributed by atoms with Crippen molar-refractivity contribution < 1.29 is 0 Å². The maximum atomic E-state index is 6.18. The topological polar surface area (TPSA) is 69.6 Å². The van der Waals surface area contributed by atoms with Crippen LogP contribution in [0.15, 0.2) is 41.8 Å². The molecule has 0 saturated heterocycles. The Morgan fingerprint density at radius 3 is 2.95 bits per heavy atom. The molecular weight excluding hydrogens is 282 g/mol. The van der Waals surface area contributed by atoms with E-state index in [1.54, 1.807) is 0 Å². The highest BCUT2D eigenvalue weighted by atomic mass is 35.5. The van der Waals surface area contributed by atoms with Crippen LogP contribution < -0.4 is 5.84 Å². The molecule has 3 aromatic rings. The molecule has 5 nitrogen and oxygen atoms in total. The van der Waals surface area contributed by atoms with Crippen molar-refractivity contribution in [3.05, 3.63) is 47.4 Å². The van der Waals surface area contributed by atoms with Gasteiger partial charge in [0.15, 0.2) is 0 Å². The second-order valence-corrected chi connectivity index (χ2v) is 5.24. The zero-order chi connectivity index (χ0) is 13.2. The van der Waals surface area contributed by atoms with Gasteiger partial charge in [0.25, 0.3) is 0 Å². The SMILES string of the molecule is Nn1cnnc1SCc1cc2ccccc2nc1Cl. The first-order valence-electron chi connectivity index (χ1n) is 5.56. The number of halogens is 1. The Bertz CT molecular complexity index is 727. The van der Waals surface area contributed by atoms with Gasteiger partial charge in [0.1, 0.15) is 11.5 Å². The number of benzene rings is 1. The molecule has 2 heterocycles. The van der Waals surface area contributed by atoms with Gasteiger partial charge in [0.2, 0.25) is 5.16 Å². The monoisotopic (exact) mass is 291 g/mol. The highest BCUT2D eigenvalue weighted by Crippen LogP contribution is 2.26. The Hall–Kier alpha value is -1.79. The fourth-order valence-corrected chi connectivity index (χ4v) is 2.81. The lowest BCUT2D eigenvalue weighted by atomic mass is 10.2. The van der Waals surface area contributed by atoms with E-state index in [1.807, 2.05) is 30.3 Å². The van der Waals surface area contributed by atoms with Gasteiger partial charge in [0, 0.05) is 16.7 Å². The van der Waals surface area contributed by atoms with Gasteiger partial charge in [-0.3, -0.25) is 0 Å². The van der Waals surface area contributed by atoms with E-state index in [2.05, 4.69) is 15.2 Å². The van der Waals surface area contributed by atoms with Crippen molar-refractivity contribution in [1.29, 1.82) is 0 Å². The highest BCUT2D eigenvalue weighted by Gasteiger charge is 2.08. The van der Waals surface area contributed by atoms with Crippen LogP contribution in [-0.4, -0.2) is 19.9 Å². The second kappa shape index (κ2) is 5.07. The van der Waals surface area contributed by atoms with Gasteiger partial charge < -0.3 is 5.84 Å². The fraction of sp³-hybridized carbons (Fsp3) is 0.0833. The van der Waals surface area contributed by atoms with Crippen LogP contribution >= 0.6 is 23.4 Å². The molecule has 0 spiro atoms. The first kappa shape index (κ1) is 12.3. The molecule has 0 unspecified atom stereocenters. The van der Waals surface area contributed by atoms with Crippen molar-refractivity contribution in [2.24, 2.45) is 0 Å². The van der Waals surface area contributed by atoms with Crippen molar-refractivity contribution in [2.45, 2.75) is 10.9 Å². The van der Waals surface area contributed by atoms with E-state index in [0.717, 1.165) is 16.5 Å². The number of fused-ring (bicyclic) bond motifs is 1. The molecule has 0 aliphatic rings. The minimum absolute atomic E-state index is 0.509. The van der Waals surface area contributed by atoms with Crippen molar-refractivity contribution in [1.82, 2.24) is 19.9 Å². The Labute approximate surface area is 118 Å². The third kappa shape index (κ3) is 2.50. The molecule has 0 radical (unpaired) electrons. The summed E-state index contributed by atoms with van der Waals surface area (Å²) >= 11 is 7.65. The van der Waals surface area contributed by atoms with Crippen molar-refractivity contribution in [3.8, 4) is 0 Å². The van der Waals surface area contributed by atoms with Crippen LogP contribution in [0, 0.1) is 0 Å². The Morgan fingerprint density at radius 1 is 1.32 bits per heavy atom. The summed E-state index contributed by atoms with van der Waals surface area (Å²) in [6, 6.07) is 9.91. The average Bonchev–Trinajstić information content (AvgIpc) is 2.82. The van der Waals surface area contributed by atoms with Gasteiger partial charge in [-0.15, -0.1) is 10.2 Å². The third-order valence-corrected chi connectivity index (χ3v) is 3.98. The molecule has 0 saturated carbocycles. The maximum absolute atomic E-state index is 6.18. The quantitative estimate of drug-likeness (QED) is 0.456. The molecule has 2 N–H and O–H groups in total. The second-order valence-electron chi connectivity index (χ2n) is 3.94. The number of pyridine rings is 1. The normalized spacial score (nSPS) is 11.0. The predicted octanol–water partition coefficient (Wildman–Crippen LogP) is 2.49. The Kier molecular flexibility index (Phi) is 3.27. The van der Waals surface area contributed by atoms with E-state index < -0.39 is 0 Å². The van der Waals surface area contributed by atoms with E-state index in [9.17, 15) is 0 Å². The number of nitrogen functional groups attached to an aromatic ring is 1. The maximum Gasteiger partial charge on any atom is 0.209 e. The summed E-state index contributed by atoms with van der Waals surface area (Å²) in [5, 5.41) is 9.85. The molecule has 19 heavy (non-hydrogen) atoms. The van der Waals surface area contributed by atoms with Crippen molar-refractivity contribution in [3.63, 3.8) is 0 Å². The number of thioether (sulfide) groups is 1. The molecule has 3 rings (SSSR count). The van der Waals surface area contributed by atoms with Crippen LogP contribution in [0.1, 0.15) is 5.56 Å². The smallest absolute Gasteiger partial charge is 0.209 e. The first-order valence-corrected chi connectivity index (χ1v) is 6.92. The zero-order valence-electron chi connectivity index (χ0n) is 9.82. The third-order valence-electron chi connectivity index (χ3n) is 2.65. The summed E-state index contributed by atoms with van der Waals surface area (Å²) in [5.41, 5.74) is 1.84. The minimum atomic E-state index is 0.509. The predicted molar refractivity (Wildman–Crippen MR) is 76.5 cm³/mol. The molecular formula is C12H10ClN5S. The van der Waals surface area contributed by atoms with Gasteiger partial charge in [-0.25, -0.2) is 9.66 Å². The summed E-state index contributed by atoms with van der Waals surface area (Å²) in [7, 11) is 0. The van der Waals surface area contributed by atoms with Crippen LogP contribution in [-0.2, 0) is 5.75 Å². The molecule has 2 aromatic heterocycles. The van der Waals surface area contributed by atoms with Crippen molar-refractivity contribution >= 4 is 34.3 Å².